The van der Waals surface area contributed by atoms with E-state index in [4.69, 9.17) is 10.5 Å². The van der Waals surface area contributed by atoms with Crippen LogP contribution in [0.15, 0.2) is 0 Å². The molecule has 3 nitrogen and oxygen atoms in total. The highest BCUT2D eigenvalue weighted by molar-refractivity contribution is 5.75. The van der Waals surface area contributed by atoms with Crippen LogP contribution >= 0.6 is 0 Å². The molecule has 3 heteroatoms. The van der Waals surface area contributed by atoms with E-state index in [1.807, 2.05) is 0 Å². The highest BCUT2D eigenvalue weighted by Crippen LogP contribution is 2.66. The van der Waals surface area contributed by atoms with Gasteiger partial charge in [-0.1, -0.05) is 34.6 Å². The average molecular weight is 267 g/mol. The van der Waals surface area contributed by atoms with Crippen molar-refractivity contribution in [3.8, 4) is 0 Å². The van der Waals surface area contributed by atoms with Gasteiger partial charge in [0, 0.05) is 5.41 Å². The number of nitrogens with two attached hydrogens (primary N) is 1. The molecule has 2 bridgehead atoms. The summed E-state index contributed by atoms with van der Waals surface area (Å²) in [4.78, 5) is 12.1. The molecule has 0 aromatic carbocycles. The first kappa shape index (κ1) is 14.8. The molecule has 0 radical (unpaired) electrons. The van der Waals surface area contributed by atoms with Crippen molar-refractivity contribution in [1.29, 1.82) is 0 Å². The summed E-state index contributed by atoms with van der Waals surface area (Å²) in [6.45, 7) is 11.1. The van der Waals surface area contributed by atoms with Crippen molar-refractivity contribution in [3.05, 3.63) is 0 Å². The van der Waals surface area contributed by atoms with Crippen molar-refractivity contribution in [3.63, 3.8) is 0 Å². The lowest BCUT2D eigenvalue weighted by Gasteiger charge is -2.38. The van der Waals surface area contributed by atoms with Gasteiger partial charge in [0.05, 0.1) is 0 Å². The quantitative estimate of drug-likeness (QED) is 0.796. The van der Waals surface area contributed by atoms with Crippen LogP contribution < -0.4 is 5.73 Å². The zero-order chi connectivity index (χ0) is 14.4. The molecular formula is C16H29NO2. The summed E-state index contributed by atoms with van der Waals surface area (Å²) in [5.74, 6) is 0.912. The van der Waals surface area contributed by atoms with E-state index >= 15 is 0 Å². The number of carbonyl (C=O) groups is 1. The third kappa shape index (κ3) is 2.31. The molecule has 2 aliphatic rings. The number of fused-ring (bicyclic) bond motifs is 2. The summed E-state index contributed by atoms with van der Waals surface area (Å²) in [5.41, 5.74) is 6.34. The van der Waals surface area contributed by atoms with Gasteiger partial charge in [0.25, 0.3) is 0 Å². The zero-order valence-corrected chi connectivity index (χ0v) is 13.0. The highest BCUT2D eigenvalue weighted by atomic mass is 16.5. The second-order valence-corrected chi connectivity index (χ2v) is 7.77. The molecule has 0 aliphatic heterocycles. The minimum Gasteiger partial charge on any atom is -0.461 e. The summed E-state index contributed by atoms with van der Waals surface area (Å²) in [7, 11) is 0. The molecule has 19 heavy (non-hydrogen) atoms. The zero-order valence-electron chi connectivity index (χ0n) is 13.0. The first-order chi connectivity index (χ1) is 8.68. The molecule has 2 fully saturated rings. The fourth-order valence-electron chi connectivity index (χ4n) is 4.14. The van der Waals surface area contributed by atoms with Crippen LogP contribution in [0.1, 0.15) is 60.3 Å². The van der Waals surface area contributed by atoms with E-state index in [0.29, 0.717) is 18.3 Å². The van der Waals surface area contributed by atoms with Gasteiger partial charge < -0.3 is 10.5 Å². The van der Waals surface area contributed by atoms with Gasteiger partial charge >= 0.3 is 5.97 Å². The number of esters is 1. The van der Waals surface area contributed by atoms with Gasteiger partial charge in [0.1, 0.15) is 12.1 Å². The molecule has 0 saturated heterocycles. The Morgan fingerprint density at radius 1 is 1.37 bits per heavy atom. The third-order valence-electron chi connectivity index (χ3n) is 6.00. The highest BCUT2D eigenvalue weighted by Gasteiger charge is 2.62. The van der Waals surface area contributed by atoms with Crippen LogP contribution in [0, 0.1) is 22.7 Å². The molecule has 3 unspecified atom stereocenters. The molecule has 2 N–H and O–H groups in total. The van der Waals surface area contributed by atoms with Crippen LogP contribution in [0.3, 0.4) is 0 Å². The summed E-state index contributed by atoms with van der Waals surface area (Å²) >= 11 is 0. The lowest BCUT2D eigenvalue weighted by molar-refractivity contribution is -0.158. The number of carbonyl (C=O) groups excluding carboxylic acids is 1. The fourth-order valence-corrected chi connectivity index (χ4v) is 4.14. The van der Waals surface area contributed by atoms with Crippen molar-refractivity contribution in [1.82, 2.24) is 0 Å². The first-order valence-electron chi connectivity index (χ1n) is 7.64. The topological polar surface area (TPSA) is 52.3 Å². The molecule has 0 heterocycles. The van der Waals surface area contributed by atoms with Crippen molar-refractivity contribution < 1.29 is 9.53 Å². The summed E-state index contributed by atoms with van der Waals surface area (Å²) in [6, 6.07) is -0.467. The molecule has 0 spiro atoms. The Morgan fingerprint density at radius 3 is 2.42 bits per heavy atom. The number of ether oxygens (including phenoxy) is 1. The second-order valence-electron chi connectivity index (χ2n) is 7.77. The van der Waals surface area contributed by atoms with Gasteiger partial charge in [-0.3, -0.25) is 4.79 Å². The van der Waals surface area contributed by atoms with Crippen molar-refractivity contribution >= 4 is 5.97 Å². The summed E-state index contributed by atoms with van der Waals surface area (Å²) < 4.78 is 5.78. The van der Waals surface area contributed by atoms with E-state index in [-0.39, 0.29) is 22.9 Å². The molecule has 4 atom stereocenters. The monoisotopic (exact) mass is 267 g/mol. The SMILES string of the molecule is CC(C)C[C@@H](N)C(=O)OC1CC2CCC1(C)C2(C)C. The largest absolute Gasteiger partial charge is 0.461 e. The molecule has 2 saturated carbocycles. The van der Waals surface area contributed by atoms with E-state index in [1.54, 1.807) is 0 Å². The number of hydrogen-bond donors (Lipinski definition) is 1. The Hall–Kier alpha value is -0.570. The molecular weight excluding hydrogens is 238 g/mol. The average Bonchev–Trinajstić information content (AvgIpc) is 2.61. The lowest BCUT2D eigenvalue weighted by atomic mass is 9.70. The molecule has 110 valence electrons. The minimum absolute atomic E-state index is 0.0620. The Balaban J connectivity index is 2.00. The fraction of sp³-hybridized carbons (Fsp3) is 0.938. The van der Waals surface area contributed by atoms with Gasteiger partial charge in [-0.15, -0.1) is 0 Å². The first-order valence-corrected chi connectivity index (χ1v) is 7.64. The predicted molar refractivity (Wildman–Crippen MR) is 76.5 cm³/mol. The molecule has 0 aromatic heterocycles. The van der Waals surface area contributed by atoms with E-state index in [9.17, 15) is 4.79 Å². The maximum Gasteiger partial charge on any atom is 0.323 e. The Bertz CT molecular complexity index is 364. The lowest BCUT2D eigenvalue weighted by Crippen LogP contribution is -2.42. The van der Waals surface area contributed by atoms with E-state index < -0.39 is 6.04 Å². The third-order valence-corrected chi connectivity index (χ3v) is 6.00. The van der Waals surface area contributed by atoms with Crippen LogP contribution in [0.5, 0.6) is 0 Å². The Labute approximate surface area is 117 Å². The maximum atomic E-state index is 12.1. The van der Waals surface area contributed by atoms with Gasteiger partial charge in [-0.25, -0.2) is 0 Å². The number of hydrogen-bond acceptors (Lipinski definition) is 3. The van der Waals surface area contributed by atoms with Crippen molar-refractivity contribution in [2.45, 2.75) is 72.4 Å². The van der Waals surface area contributed by atoms with Crippen molar-refractivity contribution in [2.24, 2.45) is 28.4 Å². The molecule has 0 aromatic rings. The Kier molecular flexibility index (Phi) is 3.72. The summed E-state index contributed by atoms with van der Waals surface area (Å²) in [5, 5.41) is 0. The van der Waals surface area contributed by atoms with Gasteiger partial charge in [0.15, 0.2) is 0 Å². The van der Waals surface area contributed by atoms with Gasteiger partial charge in [-0.2, -0.15) is 0 Å². The van der Waals surface area contributed by atoms with Crippen molar-refractivity contribution in [2.75, 3.05) is 0 Å². The molecule has 2 aliphatic carbocycles. The maximum absolute atomic E-state index is 12.1. The van der Waals surface area contributed by atoms with Gasteiger partial charge in [-0.05, 0) is 42.9 Å². The minimum atomic E-state index is -0.467. The Morgan fingerprint density at radius 2 is 2.00 bits per heavy atom. The normalized spacial score (nSPS) is 37.6. The van der Waals surface area contributed by atoms with Crippen LogP contribution in [0.2, 0.25) is 0 Å². The smallest absolute Gasteiger partial charge is 0.323 e. The predicted octanol–water partition coefficient (Wildman–Crippen LogP) is 3.12. The number of rotatable bonds is 4. The van der Waals surface area contributed by atoms with E-state index in [1.165, 1.54) is 12.8 Å². The molecule has 0 amide bonds. The summed E-state index contributed by atoms with van der Waals surface area (Å²) in [6.07, 6.45) is 4.23. The van der Waals surface area contributed by atoms with Crippen LogP contribution in [0.4, 0.5) is 0 Å². The van der Waals surface area contributed by atoms with Crippen LogP contribution in [-0.2, 0) is 9.53 Å². The van der Waals surface area contributed by atoms with Crippen LogP contribution in [0.25, 0.3) is 0 Å². The van der Waals surface area contributed by atoms with Gasteiger partial charge in [0.2, 0.25) is 0 Å². The van der Waals surface area contributed by atoms with Crippen LogP contribution in [-0.4, -0.2) is 18.1 Å². The second kappa shape index (κ2) is 4.76. The molecule has 2 rings (SSSR count). The van der Waals surface area contributed by atoms with E-state index in [2.05, 4.69) is 34.6 Å². The van der Waals surface area contributed by atoms with E-state index in [0.717, 1.165) is 6.42 Å². The standard InChI is InChI=1S/C16H29NO2/c1-10(2)8-12(17)14(18)19-13-9-11-6-7-16(13,5)15(11,3)4/h10-13H,6-9,17H2,1-5H3/t11?,12-,13?,16?/m1/s1.